The van der Waals surface area contributed by atoms with Crippen LogP contribution in [0.3, 0.4) is 0 Å². The second kappa shape index (κ2) is 10.2. The van der Waals surface area contributed by atoms with Crippen molar-refractivity contribution < 1.29 is 37.1 Å². The molecule has 4 N–H and O–H groups in total. The molecular formula is C18H23F4N3O4. The fourth-order valence-electron chi connectivity index (χ4n) is 2.62. The number of alkyl halides is 4. The van der Waals surface area contributed by atoms with Crippen molar-refractivity contribution in [1.29, 1.82) is 0 Å². The van der Waals surface area contributed by atoms with Crippen molar-refractivity contribution in [3.8, 4) is 0 Å². The summed E-state index contributed by atoms with van der Waals surface area (Å²) >= 11 is 0. The monoisotopic (exact) mass is 421 g/mol. The molecule has 0 aromatic heterocycles. The number of likely N-dealkylation sites (tertiary alicyclic amines) is 1. The minimum atomic E-state index is -5.08. The average Bonchev–Trinajstić information content (AvgIpc) is 3.06. The zero-order valence-corrected chi connectivity index (χ0v) is 15.9. The molecule has 2 rings (SSSR count). The number of nitrogens with two attached hydrogens (primary N) is 1. The Kier molecular flexibility index (Phi) is 8.56. The third kappa shape index (κ3) is 7.68. The number of aliphatic carboxylic acids is 1. The van der Waals surface area contributed by atoms with Gasteiger partial charge in [-0.2, -0.15) is 13.2 Å². The molecule has 0 saturated carbocycles. The SMILES string of the molecule is CC(=O)Nc1ccc([C@H](C)[C@H](N)C(=O)N2CC[C@H](F)C2)cc1.O=C(O)C(F)(F)F. The minimum absolute atomic E-state index is 0.137. The summed E-state index contributed by atoms with van der Waals surface area (Å²) in [5.74, 6) is -3.29. The third-order valence-corrected chi connectivity index (χ3v) is 4.27. The Hall–Kier alpha value is -2.69. The summed E-state index contributed by atoms with van der Waals surface area (Å²) in [6.07, 6.45) is -5.64. The fourth-order valence-corrected chi connectivity index (χ4v) is 2.62. The number of amides is 2. The molecule has 1 aromatic rings. The van der Waals surface area contributed by atoms with E-state index in [0.29, 0.717) is 18.7 Å². The van der Waals surface area contributed by atoms with Crippen LogP contribution in [0.4, 0.5) is 23.2 Å². The number of benzene rings is 1. The van der Waals surface area contributed by atoms with E-state index in [2.05, 4.69) is 5.32 Å². The molecule has 1 saturated heterocycles. The van der Waals surface area contributed by atoms with E-state index < -0.39 is 24.4 Å². The van der Waals surface area contributed by atoms with Crippen molar-refractivity contribution in [2.45, 2.75) is 44.6 Å². The van der Waals surface area contributed by atoms with E-state index >= 15 is 0 Å². The molecular weight excluding hydrogens is 398 g/mol. The average molecular weight is 421 g/mol. The van der Waals surface area contributed by atoms with Gasteiger partial charge in [0.15, 0.2) is 0 Å². The van der Waals surface area contributed by atoms with Gasteiger partial charge in [-0.15, -0.1) is 0 Å². The molecule has 0 spiro atoms. The predicted octanol–water partition coefficient (Wildman–Crippen LogP) is 2.28. The molecule has 3 atom stereocenters. The van der Waals surface area contributed by atoms with E-state index in [1.165, 1.54) is 11.8 Å². The Labute approximate surface area is 164 Å². The number of carboxylic acid groups (broad SMARTS) is 1. The molecule has 7 nitrogen and oxygen atoms in total. The van der Waals surface area contributed by atoms with Gasteiger partial charge in [0, 0.05) is 25.1 Å². The molecule has 0 radical (unpaired) electrons. The maximum atomic E-state index is 13.2. The van der Waals surface area contributed by atoms with E-state index in [-0.39, 0.29) is 24.3 Å². The number of halogens is 4. The number of hydrogen-bond acceptors (Lipinski definition) is 4. The summed E-state index contributed by atoms with van der Waals surface area (Å²) in [5.41, 5.74) is 7.66. The molecule has 1 aliphatic heterocycles. The maximum absolute atomic E-state index is 13.2. The zero-order chi connectivity index (χ0) is 22.4. The first-order valence-corrected chi connectivity index (χ1v) is 8.69. The smallest absolute Gasteiger partial charge is 0.475 e. The van der Waals surface area contributed by atoms with E-state index in [0.717, 1.165) is 5.56 Å². The third-order valence-electron chi connectivity index (χ3n) is 4.27. The van der Waals surface area contributed by atoms with Crippen molar-refractivity contribution in [3.05, 3.63) is 29.8 Å². The van der Waals surface area contributed by atoms with Crippen molar-refractivity contribution in [2.75, 3.05) is 18.4 Å². The summed E-state index contributed by atoms with van der Waals surface area (Å²) < 4.78 is 44.9. The van der Waals surface area contributed by atoms with Gasteiger partial charge in [0.25, 0.3) is 0 Å². The molecule has 11 heteroatoms. The highest BCUT2D eigenvalue weighted by atomic mass is 19.4. The van der Waals surface area contributed by atoms with E-state index in [9.17, 15) is 27.2 Å². The molecule has 1 heterocycles. The van der Waals surface area contributed by atoms with Crippen LogP contribution in [0.2, 0.25) is 0 Å². The first kappa shape index (κ1) is 24.3. The molecule has 2 amide bonds. The normalized spacial score (nSPS) is 18.3. The lowest BCUT2D eigenvalue weighted by atomic mass is 9.93. The van der Waals surface area contributed by atoms with Gasteiger partial charge < -0.3 is 21.1 Å². The Morgan fingerprint density at radius 2 is 1.76 bits per heavy atom. The number of rotatable bonds is 4. The van der Waals surface area contributed by atoms with E-state index in [1.807, 2.05) is 19.1 Å². The predicted molar refractivity (Wildman–Crippen MR) is 96.9 cm³/mol. The van der Waals surface area contributed by atoms with E-state index in [4.69, 9.17) is 15.6 Å². The highest BCUT2D eigenvalue weighted by molar-refractivity contribution is 5.88. The highest BCUT2D eigenvalue weighted by Crippen LogP contribution is 2.23. The second-order valence-electron chi connectivity index (χ2n) is 6.59. The van der Waals surface area contributed by atoms with Gasteiger partial charge in [-0.05, 0) is 24.1 Å². The van der Waals surface area contributed by atoms with Crippen LogP contribution in [0.25, 0.3) is 0 Å². The molecule has 0 aliphatic carbocycles. The number of anilines is 1. The summed E-state index contributed by atoms with van der Waals surface area (Å²) in [7, 11) is 0. The molecule has 1 aromatic carbocycles. The van der Waals surface area contributed by atoms with Crippen LogP contribution >= 0.6 is 0 Å². The van der Waals surface area contributed by atoms with Crippen molar-refractivity contribution in [1.82, 2.24) is 4.90 Å². The lowest BCUT2D eigenvalue weighted by molar-refractivity contribution is -0.192. The van der Waals surface area contributed by atoms with Crippen LogP contribution in [0.15, 0.2) is 24.3 Å². The Morgan fingerprint density at radius 1 is 1.24 bits per heavy atom. The lowest BCUT2D eigenvalue weighted by Gasteiger charge is -2.25. The molecule has 1 fully saturated rings. The van der Waals surface area contributed by atoms with Crippen LogP contribution < -0.4 is 11.1 Å². The van der Waals surface area contributed by atoms with Gasteiger partial charge >= 0.3 is 12.1 Å². The summed E-state index contributed by atoms with van der Waals surface area (Å²) in [6, 6.07) is 6.53. The summed E-state index contributed by atoms with van der Waals surface area (Å²) in [4.78, 5) is 33.7. The zero-order valence-electron chi connectivity index (χ0n) is 15.9. The van der Waals surface area contributed by atoms with Gasteiger partial charge in [-0.3, -0.25) is 9.59 Å². The molecule has 162 valence electrons. The lowest BCUT2D eigenvalue weighted by Crippen LogP contribution is -2.45. The highest BCUT2D eigenvalue weighted by Gasteiger charge is 2.38. The molecule has 0 bridgehead atoms. The van der Waals surface area contributed by atoms with Gasteiger partial charge in [0.05, 0.1) is 12.6 Å². The van der Waals surface area contributed by atoms with Crippen LogP contribution in [0.5, 0.6) is 0 Å². The van der Waals surface area contributed by atoms with Crippen LogP contribution in [0, 0.1) is 0 Å². The van der Waals surface area contributed by atoms with Gasteiger partial charge in [0.1, 0.15) is 6.17 Å². The first-order valence-electron chi connectivity index (χ1n) is 8.69. The standard InChI is InChI=1S/C16H22FN3O2.C2HF3O2/c1-10(12-3-5-14(6-4-12)19-11(2)21)15(18)16(22)20-8-7-13(17)9-20;3-2(4,5)1(6)7/h3-6,10,13,15H,7-9,18H2,1-2H3,(H,19,21);(H,6,7)/t10-,13-,15-;/m0./s1. The van der Waals surface area contributed by atoms with Crippen LogP contribution in [-0.2, 0) is 14.4 Å². The van der Waals surface area contributed by atoms with E-state index in [1.54, 1.807) is 12.1 Å². The minimum Gasteiger partial charge on any atom is -0.475 e. The van der Waals surface area contributed by atoms with Gasteiger partial charge in [0.2, 0.25) is 11.8 Å². The molecule has 29 heavy (non-hydrogen) atoms. The largest absolute Gasteiger partial charge is 0.490 e. The number of carboxylic acids is 1. The van der Waals surface area contributed by atoms with Crippen molar-refractivity contribution >= 4 is 23.5 Å². The topological polar surface area (TPSA) is 113 Å². The fraction of sp³-hybridized carbons (Fsp3) is 0.500. The number of hydrogen-bond donors (Lipinski definition) is 3. The number of carbonyl (C=O) groups excluding carboxylic acids is 2. The quantitative estimate of drug-likeness (QED) is 0.646. The van der Waals surface area contributed by atoms with Gasteiger partial charge in [-0.1, -0.05) is 19.1 Å². The number of nitrogens with one attached hydrogen (secondary N) is 1. The van der Waals surface area contributed by atoms with Crippen molar-refractivity contribution in [2.24, 2.45) is 5.73 Å². The molecule has 1 aliphatic rings. The van der Waals surface area contributed by atoms with Crippen LogP contribution in [-0.4, -0.2) is 59.3 Å². The maximum Gasteiger partial charge on any atom is 0.490 e. The Morgan fingerprint density at radius 3 is 2.14 bits per heavy atom. The summed E-state index contributed by atoms with van der Waals surface area (Å²) in [5, 5.41) is 9.81. The Balaban J connectivity index is 0.000000516. The second-order valence-corrected chi connectivity index (χ2v) is 6.59. The summed E-state index contributed by atoms with van der Waals surface area (Å²) in [6.45, 7) is 3.89. The number of nitrogens with zero attached hydrogens (tertiary/aromatic N) is 1. The van der Waals surface area contributed by atoms with Gasteiger partial charge in [-0.25, -0.2) is 9.18 Å². The molecule has 0 unspecified atom stereocenters. The Bertz CT molecular complexity index is 725. The van der Waals surface area contributed by atoms with Crippen molar-refractivity contribution in [3.63, 3.8) is 0 Å². The first-order chi connectivity index (χ1) is 13.3. The number of carbonyl (C=O) groups is 3. The van der Waals surface area contributed by atoms with Crippen LogP contribution in [0.1, 0.15) is 31.7 Å².